The van der Waals surface area contributed by atoms with Gasteiger partial charge < -0.3 is 10.5 Å². The molecule has 2 nitrogen and oxygen atoms in total. The summed E-state index contributed by atoms with van der Waals surface area (Å²) in [4.78, 5) is 0. The van der Waals surface area contributed by atoms with Crippen molar-refractivity contribution in [3.8, 4) is 5.75 Å². The summed E-state index contributed by atoms with van der Waals surface area (Å²) < 4.78 is 42.2. The topological polar surface area (TPSA) is 35.2 Å². The SMILES string of the molecule is CCc1cc(C(F)(F)F)cc(OC)c1N. The quantitative estimate of drug-likeness (QED) is 0.776. The van der Waals surface area contributed by atoms with Gasteiger partial charge in [-0.2, -0.15) is 13.2 Å². The van der Waals surface area contributed by atoms with Crippen LogP contribution in [0.25, 0.3) is 0 Å². The molecule has 0 unspecified atom stereocenters. The van der Waals surface area contributed by atoms with Crippen LogP contribution in [0.4, 0.5) is 18.9 Å². The molecule has 2 N–H and O–H groups in total. The standard InChI is InChI=1S/C10H12F3NO/c1-3-6-4-7(10(11,12)13)5-8(15-2)9(6)14/h4-5H,3,14H2,1-2H3. The molecule has 0 aliphatic carbocycles. The Morgan fingerprint density at radius 1 is 1.33 bits per heavy atom. The van der Waals surface area contributed by atoms with E-state index in [9.17, 15) is 13.2 Å². The van der Waals surface area contributed by atoms with Crippen LogP contribution in [-0.4, -0.2) is 7.11 Å². The van der Waals surface area contributed by atoms with Crippen LogP contribution >= 0.6 is 0 Å². The van der Waals surface area contributed by atoms with Gasteiger partial charge in [-0.15, -0.1) is 0 Å². The number of aryl methyl sites for hydroxylation is 1. The first-order valence-corrected chi connectivity index (χ1v) is 4.43. The van der Waals surface area contributed by atoms with Gasteiger partial charge in [-0.05, 0) is 24.1 Å². The van der Waals surface area contributed by atoms with Crippen LogP contribution < -0.4 is 10.5 Å². The van der Waals surface area contributed by atoms with Crippen LogP contribution in [0.5, 0.6) is 5.75 Å². The number of ether oxygens (including phenoxy) is 1. The molecule has 0 fully saturated rings. The molecule has 0 aliphatic heterocycles. The Bertz CT molecular complexity index is 335. The third kappa shape index (κ3) is 2.34. The number of halogens is 3. The molecule has 0 bridgehead atoms. The lowest BCUT2D eigenvalue weighted by atomic mass is 10.1. The first kappa shape index (κ1) is 11.7. The average molecular weight is 219 g/mol. The number of methoxy groups -OCH3 is 1. The van der Waals surface area contributed by atoms with Crippen molar-refractivity contribution in [2.75, 3.05) is 12.8 Å². The lowest BCUT2D eigenvalue weighted by molar-refractivity contribution is -0.137. The summed E-state index contributed by atoms with van der Waals surface area (Å²) >= 11 is 0. The van der Waals surface area contributed by atoms with E-state index in [-0.39, 0.29) is 11.4 Å². The first-order valence-electron chi connectivity index (χ1n) is 4.43. The second-order valence-corrected chi connectivity index (χ2v) is 3.10. The van der Waals surface area contributed by atoms with E-state index in [0.717, 1.165) is 12.1 Å². The number of nitrogen functional groups attached to an aromatic ring is 1. The van der Waals surface area contributed by atoms with E-state index in [2.05, 4.69) is 0 Å². The highest BCUT2D eigenvalue weighted by Crippen LogP contribution is 2.36. The third-order valence-corrected chi connectivity index (χ3v) is 2.16. The van der Waals surface area contributed by atoms with Gasteiger partial charge in [-0.1, -0.05) is 6.92 Å². The fourth-order valence-electron chi connectivity index (χ4n) is 1.31. The lowest BCUT2D eigenvalue weighted by Gasteiger charge is -2.13. The van der Waals surface area contributed by atoms with Crippen LogP contribution in [0.15, 0.2) is 12.1 Å². The Balaban J connectivity index is 3.33. The minimum atomic E-state index is -4.37. The molecule has 0 aromatic heterocycles. The second-order valence-electron chi connectivity index (χ2n) is 3.10. The molecule has 1 aromatic carbocycles. The van der Waals surface area contributed by atoms with Gasteiger partial charge >= 0.3 is 6.18 Å². The van der Waals surface area contributed by atoms with Crippen molar-refractivity contribution in [1.29, 1.82) is 0 Å². The minimum Gasteiger partial charge on any atom is -0.495 e. The van der Waals surface area contributed by atoms with Crippen LogP contribution in [0, 0.1) is 0 Å². The molecule has 15 heavy (non-hydrogen) atoms. The summed E-state index contributed by atoms with van der Waals surface area (Å²) in [6.45, 7) is 1.74. The van der Waals surface area contributed by atoms with Crippen molar-refractivity contribution in [1.82, 2.24) is 0 Å². The molecule has 0 saturated carbocycles. The third-order valence-electron chi connectivity index (χ3n) is 2.16. The minimum absolute atomic E-state index is 0.0710. The highest BCUT2D eigenvalue weighted by Gasteiger charge is 2.32. The Labute approximate surface area is 85.8 Å². The summed E-state index contributed by atoms with van der Waals surface area (Å²) in [7, 11) is 1.30. The van der Waals surface area contributed by atoms with Gasteiger partial charge in [0, 0.05) is 0 Å². The van der Waals surface area contributed by atoms with E-state index >= 15 is 0 Å². The molecule has 84 valence electrons. The summed E-state index contributed by atoms with van der Waals surface area (Å²) in [6.07, 6.45) is -3.93. The molecule has 0 spiro atoms. The Morgan fingerprint density at radius 3 is 2.33 bits per heavy atom. The highest BCUT2D eigenvalue weighted by atomic mass is 19.4. The van der Waals surface area contributed by atoms with E-state index in [1.165, 1.54) is 7.11 Å². The molecule has 0 radical (unpaired) electrons. The van der Waals surface area contributed by atoms with Gasteiger partial charge in [0.25, 0.3) is 0 Å². The maximum Gasteiger partial charge on any atom is 0.416 e. The van der Waals surface area contributed by atoms with Crippen molar-refractivity contribution in [2.24, 2.45) is 0 Å². The zero-order chi connectivity index (χ0) is 11.6. The average Bonchev–Trinajstić information content (AvgIpc) is 2.16. The summed E-state index contributed by atoms with van der Waals surface area (Å²) in [5.41, 5.74) is 5.61. The monoisotopic (exact) mass is 219 g/mol. The van der Waals surface area contributed by atoms with Gasteiger partial charge in [0.2, 0.25) is 0 Å². The smallest absolute Gasteiger partial charge is 0.416 e. The second kappa shape index (κ2) is 4.00. The van der Waals surface area contributed by atoms with E-state index in [1.54, 1.807) is 6.92 Å². The molecule has 1 aromatic rings. The maximum absolute atomic E-state index is 12.5. The number of rotatable bonds is 2. The Morgan fingerprint density at radius 2 is 1.93 bits per heavy atom. The summed E-state index contributed by atoms with van der Waals surface area (Å²) in [5.74, 6) is 0.0710. The first-order chi connectivity index (χ1) is 6.90. The fourth-order valence-corrected chi connectivity index (χ4v) is 1.31. The van der Waals surface area contributed by atoms with Crippen molar-refractivity contribution < 1.29 is 17.9 Å². The molecular weight excluding hydrogens is 207 g/mol. The molecular formula is C10H12F3NO. The molecule has 0 atom stereocenters. The van der Waals surface area contributed by atoms with Crippen molar-refractivity contribution in [2.45, 2.75) is 19.5 Å². The van der Waals surface area contributed by atoms with Gasteiger partial charge in [0.15, 0.2) is 0 Å². The summed E-state index contributed by atoms with van der Waals surface area (Å²) in [6, 6.07) is 1.96. The van der Waals surface area contributed by atoms with Crippen LogP contribution in [0.2, 0.25) is 0 Å². The number of benzene rings is 1. The maximum atomic E-state index is 12.5. The van der Waals surface area contributed by atoms with Crippen LogP contribution in [-0.2, 0) is 12.6 Å². The number of hydrogen-bond donors (Lipinski definition) is 1. The molecule has 0 saturated heterocycles. The zero-order valence-electron chi connectivity index (χ0n) is 8.48. The fraction of sp³-hybridized carbons (Fsp3) is 0.400. The number of hydrogen-bond acceptors (Lipinski definition) is 2. The van der Waals surface area contributed by atoms with Gasteiger partial charge in [-0.3, -0.25) is 0 Å². The van der Waals surface area contributed by atoms with E-state index in [4.69, 9.17) is 10.5 Å². The normalized spacial score (nSPS) is 11.5. The van der Waals surface area contributed by atoms with Crippen LogP contribution in [0.1, 0.15) is 18.1 Å². The summed E-state index contributed by atoms with van der Waals surface area (Å²) in [5, 5.41) is 0. The van der Waals surface area contributed by atoms with Crippen LogP contribution in [0.3, 0.4) is 0 Å². The van der Waals surface area contributed by atoms with E-state index in [0.29, 0.717) is 12.0 Å². The molecule has 0 aliphatic rings. The molecule has 0 heterocycles. The Hall–Kier alpha value is -1.39. The molecule has 1 rings (SSSR count). The Kier molecular flexibility index (Phi) is 3.12. The number of anilines is 1. The predicted octanol–water partition coefficient (Wildman–Crippen LogP) is 2.86. The predicted molar refractivity (Wildman–Crippen MR) is 51.8 cm³/mol. The van der Waals surface area contributed by atoms with Gasteiger partial charge in [-0.25, -0.2) is 0 Å². The van der Waals surface area contributed by atoms with Crippen molar-refractivity contribution in [3.05, 3.63) is 23.3 Å². The van der Waals surface area contributed by atoms with Crippen molar-refractivity contribution in [3.63, 3.8) is 0 Å². The number of alkyl halides is 3. The zero-order valence-corrected chi connectivity index (χ0v) is 8.48. The van der Waals surface area contributed by atoms with Gasteiger partial charge in [0.05, 0.1) is 18.4 Å². The molecule has 5 heteroatoms. The van der Waals surface area contributed by atoms with Gasteiger partial charge in [0.1, 0.15) is 5.75 Å². The molecule has 0 amide bonds. The lowest BCUT2D eigenvalue weighted by Crippen LogP contribution is -2.08. The van der Waals surface area contributed by atoms with Crippen molar-refractivity contribution >= 4 is 5.69 Å². The van der Waals surface area contributed by atoms with E-state index < -0.39 is 11.7 Å². The largest absolute Gasteiger partial charge is 0.495 e. The highest BCUT2D eigenvalue weighted by molar-refractivity contribution is 5.60. The number of nitrogens with two attached hydrogens (primary N) is 1. The van der Waals surface area contributed by atoms with E-state index in [1.807, 2.05) is 0 Å².